The fraction of sp³-hybridized carbons (Fsp3) is 0.250. The molecular weight excluding hydrogens is 292 g/mol. The molecule has 4 nitrogen and oxygen atoms in total. The lowest BCUT2D eigenvalue weighted by Gasteiger charge is -2.22. The van der Waals surface area contributed by atoms with Gasteiger partial charge in [0.1, 0.15) is 25.1 Å². The molecule has 0 fully saturated rings. The van der Waals surface area contributed by atoms with Crippen LogP contribution in [0.3, 0.4) is 0 Å². The molecule has 1 N–H and O–H groups in total. The van der Waals surface area contributed by atoms with Crippen LogP contribution in [0.2, 0.25) is 5.02 Å². The van der Waals surface area contributed by atoms with E-state index in [0.29, 0.717) is 46.6 Å². The van der Waals surface area contributed by atoms with Crippen molar-refractivity contribution < 1.29 is 19.3 Å². The maximum absolute atomic E-state index is 10.6. The molecule has 0 bridgehead atoms. The first kappa shape index (κ1) is 14.0. The van der Waals surface area contributed by atoms with Gasteiger partial charge < -0.3 is 19.3 Å². The molecule has 110 valence electrons. The Morgan fingerprint density at radius 1 is 1.19 bits per heavy atom. The van der Waals surface area contributed by atoms with Crippen molar-refractivity contribution in [3.63, 3.8) is 0 Å². The molecule has 0 saturated carbocycles. The van der Waals surface area contributed by atoms with Crippen molar-refractivity contribution >= 4 is 11.6 Å². The Morgan fingerprint density at radius 2 is 1.95 bits per heavy atom. The molecule has 0 aromatic heterocycles. The van der Waals surface area contributed by atoms with Gasteiger partial charge in [-0.3, -0.25) is 0 Å². The first-order valence-electron chi connectivity index (χ1n) is 6.60. The molecule has 2 aromatic carbocycles. The summed E-state index contributed by atoms with van der Waals surface area (Å²) in [5, 5.41) is 11.0. The van der Waals surface area contributed by atoms with Crippen molar-refractivity contribution in [2.45, 2.75) is 6.10 Å². The van der Waals surface area contributed by atoms with Crippen LogP contribution in [0.25, 0.3) is 0 Å². The minimum atomic E-state index is -0.852. The van der Waals surface area contributed by atoms with Gasteiger partial charge in [-0.05, 0) is 23.8 Å². The zero-order valence-corrected chi connectivity index (χ0v) is 12.3. The molecule has 5 heteroatoms. The number of para-hydroxylation sites is 1. The summed E-state index contributed by atoms with van der Waals surface area (Å²) in [4.78, 5) is 0. The number of halogens is 1. The summed E-state index contributed by atoms with van der Waals surface area (Å²) in [6.45, 7) is 0.943. The molecule has 1 unspecified atom stereocenters. The topological polar surface area (TPSA) is 47.9 Å². The monoisotopic (exact) mass is 306 g/mol. The maximum Gasteiger partial charge on any atom is 0.179 e. The Labute approximate surface area is 127 Å². The fourth-order valence-corrected chi connectivity index (χ4v) is 2.63. The second kappa shape index (κ2) is 5.84. The molecule has 21 heavy (non-hydrogen) atoms. The highest BCUT2D eigenvalue weighted by atomic mass is 35.5. The van der Waals surface area contributed by atoms with Crippen LogP contribution in [-0.4, -0.2) is 25.4 Å². The first-order valence-corrected chi connectivity index (χ1v) is 6.98. The molecule has 0 radical (unpaired) electrons. The van der Waals surface area contributed by atoms with Crippen LogP contribution in [0.5, 0.6) is 17.2 Å². The van der Waals surface area contributed by atoms with Gasteiger partial charge in [0.05, 0.1) is 12.1 Å². The Morgan fingerprint density at radius 3 is 2.76 bits per heavy atom. The molecule has 0 amide bonds. The third-order valence-electron chi connectivity index (χ3n) is 3.37. The SMILES string of the molecule is COc1ccccc1C(O)c1cc(Cl)c2c(c1)OCCO2. The zero-order valence-electron chi connectivity index (χ0n) is 11.5. The number of aliphatic hydroxyl groups is 1. The Hall–Kier alpha value is -1.91. The summed E-state index contributed by atoms with van der Waals surface area (Å²) in [5.41, 5.74) is 1.31. The highest BCUT2D eigenvalue weighted by Gasteiger charge is 2.21. The number of rotatable bonds is 3. The lowest BCUT2D eigenvalue weighted by atomic mass is 10.00. The second-order valence-electron chi connectivity index (χ2n) is 4.67. The summed E-state index contributed by atoms with van der Waals surface area (Å²) in [5.74, 6) is 1.70. The van der Waals surface area contributed by atoms with Gasteiger partial charge >= 0.3 is 0 Å². The quantitative estimate of drug-likeness (QED) is 0.946. The molecule has 1 aliphatic rings. The highest BCUT2D eigenvalue weighted by molar-refractivity contribution is 6.32. The zero-order chi connectivity index (χ0) is 14.8. The summed E-state index contributed by atoms with van der Waals surface area (Å²) >= 11 is 6.21. The lowest BCUT2D eigenvalue weighted by Crippen LogP contribution is -2.16. The number of hydrogen-bond donors (Lipinski definition) is 1. The number of methoxy groups -OCH3 is 1. The van der Waals surface area contributed by atoms with Gasteiger partial charge in [-0.25, -0.2) is 0 Å². The van der Waals surface area contributed by atoms with Crippen LogP contribution < -0.4 is 14.2 Å². The van der Waals surface area contributed by atoms with Crippen LogP contribution in [0.15, 0.2) is 36.4 Å². The van der Waals surface area contributed by atoms with Crippen LogP contribution in [0.1, 0.15) is 17.2 Å². The molecule has 0 spiro atoms. The average molecular weight is 307 g/mol. The highest BCUT2D eigenvalue weighted by Crippen LogP contribution is 2.41. The standard InChI is InChI=1S/C16H15ClO4/c1-19-13-5-3-2-4-11(13)15(18)10-8-12(17)16-14(9-10)20-6-7-21-16/h2-5,8-9,15,18H,6-7H2,1H3. The third kappa shape index (κ3) is 2.64. The van der Waals surface area contributed by atoms with E-state index in [0.717, 1.165) is 0 Å². The van der Waals surface area contributed by atoms with E-state index in [2.05, 4.69) is 0 Å². The van der Waals surface area contributed by atoms with Crippen molar-refractivity contribution in [1.82, 2.24) is 0 Å². The van der Waals surface area contributed by atoms with Crippen LogP contribution in [0, 0.1) is 0 Å². The Balaban J connectivity index is 2.02. The van der Waals surface area contributed by atoms with E-state index in [4.69, 9.17) is 25.8 Å². The minimum Gasteiger partial charge on any atom is -0.496 e. The number of ether oxygens (including phenoxy) is 3. The summed E-state index contributed by atoms with van der Waals surface area (Å²) in [6.07, 6.45) is -0.852. The molecule has 3 rings (SSSR count). The lowest BCUT2D eigenvalue weighted by molar-refractivity contribution is 0.169. The van der Waals surface area contributed by atoms with E-state index >= 15 is 0 Å². The third-order valence-corrected chi connectivity index (χ3v) is 3.65. The van der Waals surface area contributed by atoms with Gasteiger partial charge in [0.2, 0.25) is 0 Å². The van der Waals surface area contributed by atoms with Crippen LogP contribution in [-0.2, 0) is 0 Å². The number of fused-ring (bicyclic) bond motifs is 1. The molecule has 0 saturated heterocycles. The second-order valence-corrected chi connectivity index (χ2v) is 5.08. The van der Waals surface area contributed by atoms with Gasteiger partial charge in [0.15, 0.2) is 11.5 Å². The molecule has 0 aliphatic carbocycles. The van der Waals surface area contributed by atoms with E-state index in [1.54, 1.807) is 25.3 Å². The van der Waals surface area contributed by atoms with E-state index in [1.807, 2.05) is 18.2 Å². The van der Waals surface area contributed by atoms with Crippen molar-refractivity contribution in [3.8, 4) is 17.2 Å². The van der Waals surface area contributed by atoms with E-state index < -0.39 is 6.10 Å². The Bertz CT molecular complexity index is 657. The molecule has 1 heterocycles. The Kier molecular flexibility index (Phi) is 3.90. The van der Waals surface area contributed by atoms with Crippen molar-refractivity contribution in [1.29, 1.82) is 0 Å². The smallest absolute Gasteiger partial charge is 0.179 e. The normalized spacial score (nSPS) is 14.6. The predicted octanol–water partition coefficient (Wildman–Crippen LogP) is 3.20. The van der Waals surface area contributed by atoms with E-state index in [9.17, 15) is 5.11 Å². The van der Waals surface area contributed by atoms with Gasteiger partial charge in [-0.2, -0.15) is 0 Å². The van der Waals surface area contributed by atoms with Crippen LogP contribution in [0.4, 0.5) is 0 Å². The van der Waals surface area contributed by atoms with Crippen molar-refractivity contribution in [2.24, 2.45) is 0 Å². The van der Waals surface area contributed by atoms with Gasteiger partial charge in [0.25, 0.3) is 0 Å². The van der Waals surface area contributed by atoms with Crippen LogP contribution >= 0.6 is 11.6 Å². The van der Waals surface area contributed by atoms with Gasteiger partial charge in [0, 0.05) is 5.56 Å². The molecule has 2 aromatic rings. The van der Waals surface area contributed by atoms with Crippen molar-refractivity contribution in [3.05, 3.63) is 52.5 Å². The summed E-state index contributed by atoms with van der Waals surface area (Å²) in [6, 6.07) is 10.8. The van der Waals surface area contributed by atoms with Gasteiger partial charge in [-0.1, -0.05) is 29.8 Å². The molecule has 1 atom stereocenters. The maximum atomic E-state index is 10.6. The van der Waals surface area contributed by atoms with Gasteiger partial charge in [-0.15, -0.1) is 0 Å². The first-order chi connectivity index (χ1) is 10.2. The van der Waals surface area contributed by atoms with E-state index in [-0.39, 0.29) is 0 Å². The summed E-state index contributed by atoms with van der Waals surface area (Å²) in [7, 11) is 1.57. The molecular formula is C16H15ClO4. The fourth-order valence-electron chi connectivity index (χ4n) is 2.36. The summed E-state index contributed by atoms with van der Waals surface area (Å²) < 4.78 is 16.3. The number of hydrogen-bond acceptors (Lipinski definition) is 4. The minimum absolute atomic E-state index is 0.427. The molecule has 1 aliphatic heterocycles. The van der Waals surface area contributed by atoms with Crippen molar-refractivity contribution in [2.75, 3.05) is 20.3 Å². The average Bonchev–Trinajstić information content (AvgIpc) is 2.54. The number of aliphatic hydroxyl groups excluding tert-OH is 1. The predicted molar refractivity (Wildman–Crippen MR) is 79.5 cm³/mol. The number of benzene rings is 2. The largest absolute Gasteiger partial charge is 0.496 e. The van der Waals surface area contributed by atoms with E-state index in [1.165, 1.54) is 0 Å².